The van der Waals surface area contributed by atoms with Crippen LogP contribution in [0.5, 0.6) is 5.75 Å². The second kappa shape index (κ2) is 7.39. The topological polar surface area (TPSA) is 79.4 Å². The van der Waals surface area contributed by atoms with Gasteiger partial charge in [-0.2, -0.15) is 26.3 Å². The number of rotatable bonds is 4. The number of H-pyrrole nitrogens is 1. The first-order valence-electron chi connectivity index (χ1n) is 8.16. The molecule has 1 heterocycles. The highest BCUT2D eigenvalue weighted by Gasteiger charge is 2.36. The van der Waals surface area contributed by atoms with Crippen LogP contribution in [0, 0.1) is 0 Å². The molecule has 3 aromatic rings. The van der Waals surface area contributed by atoms with E-state index in [4.69, 9.17) is 9.84 Å². The predicted octanol–water partition coefficient (Wildman–Crippen LogP) is 4.84. The molecule has 0 aliphatic carbocycles. The molecule has 2 N–H and O–H groups in total. The number of ether oxygens (including phenoxy) is 1. The number of aromatic nitrogens is 1. The van der Waals surface area contributed by atoms with Gasteiger partial charge in [0.1, 0.15) is 17.9 Å². The summed E-state index contributed by atoms with van der Waals surface area (Å²) in [6.45, 7) is -0.644. The van der Waals surface area contributed by atoms with Crippen LogP contribution in [-0.4, -0.2) is 16.1 Å². The molecule has 0 aliphatic heterocycles. The number of fused-ring (bicyclic) bond motifs is 1. The smallest absolute Gasteiger partial charge is 0.416 e. The maximum absolute atomic E-state index is 12.9. The number of nitrogens with one attached hydrogen (secondary N) is 1. The molecule has 0 radical (unpaired) electrons. The largest absolute Gasteiger partial charge is 0.489 e. The Hall–Kier alpha value is -3.50. The summed E-state index contributed by atoms with van der Waals surface area (Å²) < 4.78 is 82.8. The molecule has 158 valence electrons. The van der Waals surface area contributed by atoms with E-state index in [2.05, 4.69) is 4.98 Å². The summed E-state index contributed by atoms with van der Waals surface area (Å²) in [5.41, 5.74) is -4.41. The summed E-state index contributed by atoms with van der Waals surface area (Å²) in [6.07, 6.45) is -8.96. The fourth-order valence-electron chi connectivity index (χ4n) is 2.72. The van der Waals surface area contributed by atoms with E-state index in [1.165, 1.54) is 12.1 Å². The van der Waals surface area contributed by atoms with Gasteiger partial charge in [-0.3, -0.25) is 4.79 Å². The number of hydrogen-bond acceptors (Lipinski definition) is 3. The summed E-state index contributed by atoms with van der Waals surface area (Å²) in [4.78, 5) is 25.9. The number of hydrogen-bond donors (Lipinski definition) is 2. The first-order valence-corrected chi connectivity index (χ1v) is 8.16. The lowest BCUT2D eigenvalue weighted by atomic mass is 10.1. The molecule has 0 unspecified atom stereocenters. The molecule has 0 fully saturated rings. The minimum absolute atomic E-state index is 0.00645. The van der Waals surface area contributed by atoms with Gasteiger partial charge in [-0.1, -0.05) is 0 Å². The van der Waals surface area contributed by atoms with Crippen LogP contribution in [-0.2, 0) is 19.0 Å². The molecule has 0 saturated heterocycles. The number of carboxylic acid groups (broad SMARTS) is 1. The van der Waals surface area contributed by atoms with Crippen LogP contribution in [0.2, 0.25) is 0 Å². The lowest BCUT2D eigenvalue weighted by Crippen LogP contribution is -2.15. The van der Waals surface area contributed by atoms with Crippen LogP contribution in [0.1, 0.15) is 27.0 Å². The number of alkyl halides is 6. The van der Waals surface area contributed by atoms with E-state index in [0.29, 0.717) is 12.1 Å². The molecule has 11 heteroatoms. The molecule has 0 aliphatic rings. The molecule has 30 heavy (non-hydrogen) atoms. The van der Waals surface area contributed by atoms with Gasteiger partial charge in [0.2, 0.25) is 5.43 Å². The molecule has 0 atom stereocenters. The molecule has 2 aromatic carbocycles. The number of carbonyl (C=O) groups is 1. The van der Waals surface area contributed by atoms with Crippen LogP contribution >= 0.6 is 0 Å². The van der Waals surface area contributed by atoms with Gasteiger partial charge >= 0.3 is 18.3 Å². The molecule has 1 aromatic heterocycles. The number of pyridine rings is 1. The van der Waals surface area contributed by atoms with Crippen molar-refractivity contribution < 1.29 is 41.0 Å². The van der Waals surface area contributed by atoms with Crippen molar-refractivity contribution in [3.8, 4) is 5.75 Å². The van der Waals surface area contributed by atoms with Crippen molar-refractivity contribution in [1.29, 1.82) is 0 Å². The van der Waals surface area contributed by atoms with Crippen LogP contribution in [0.4, 0.5) is 26.3 Å². The second-order valence-corrected chi connectivity index (χ2v) is 6.25. The summed E-state index contributed by atoms with van der Waals surface area (Å²) in [6, 6.07) is 4.92. The molecule has 3 rings (SSSR count). The zero-order chi connectivity index (χ0) is 22.3. The van der Waals surface area contributed by atoms with Crippen molar-refractivity contribution in [2.75, 3.05) is 0 Å². The zero-order valence-corrected chi connectivity index (χ0v) is 14.7. The maximum Gasteiger partial charge on any atom is 0.416 e. The molecule has 5 nitrogen and oxygen atoms in total. The van der Waals surface area contributed by atoms with Crippen molar-refractivity contribution in [2.24, 2.45) is 0 Å². The SMILES string of the molecule is O=C(O)c1c[nH]c2ccc(OCc3cc(C(F)(F)F)cc(C(F)(F)F)c3)cc2c1=O. The number of benzene rings is 2. The van der Waals surface area contributed by atoms with Gasteiger partial charge in [0.25, 0.3) is 0 Å². The molecule has 0 amide bonds. The fraction of sp³-hybridized carbons (Fsp3) is 0.158. The predicted molar refractivity (Wildman–Crippen MR) is 92.3 cm³/mol. The highest BCUT2D eigenvalue weighted by Crippen LogP contribution is 2.36. The molecule has 0 bridgehead atoms. The van der Waals surface area contributed by atoms with Crippen molar-refractivity contribution >= 4 is 16.9 Å². The Labute approximate surface area is 163 Å². The van der Waals surface area contributed by atoms with Crippen LogP contribution in [0.15, 0.2) is 47.4 Å². The minimum atomic E-state index is -4.99. The summed E-state index contributed by atoms with van der Waals surface area (Å²) in [7, 11) is 0. The van der Waals surface area contributed by atoms with Crippen molar-refractivity contribution in [3.63, 3.8) is 0 Å². The van der Waals surface area contributed by atoms with Crippen LogP contribution in [0.3, 0.4) is 0 Å². The number of aromatic amines is 1. The van der Waals surface area contributed by atoms with Crippen LogP contribution < -0.4 is 10.2 Å². The van der Waals surface area contributed by atoms with E-state index in [9.17, 15) is 35.9 Å². The maximum atomic E-state index is 12.9. The molecule has 0 spiro atoms. The van der Waals surface area contributed by atoms with Gasteiger partial charge in [-0.05, 0) is 42.0 Å². The standard InChI is InChI=1S/C19H11F6NO4/c20-18(21,22)10-3-9(4-11(5-10)19(23,24)25)8-30-12-1-2-15-13(6-12)16(27)14(7-26-15)17(28)29/h1-7H,8H2,(H,26,27)(H,28,29). The number of carboxylic acids is 1. The Kier molecular flexibility index (Phi) is 5.23. The van der Waals surface area contributed by atoms with Crippen molar-refractivity contribution in [3.05, 3.63) is 75.1 Å². The lowest BCUT2D eigenvalue weighted by Gasteiger charge is -2.15. The van der Waals surface area contributed by atoms with Crippen molar-refractivity contribution in [1.82, 2.24) is 4.98 Å². The highest BCUT2D eigenvalue weighted by molar-refractivity contribution is 5.92. The first kappa shape index (κ1) is 21.2. The van der Waals surface area contributed by atoms with Crippen molar-refractivity contribution in [2.45, 2.75) is 19.0 Å². The van der Waals surface area contributed by atoms with Gasteiger partial charge in [-0.25, -0.2) is 4.79 Å². The minimum Gasteiger partial charge on any atom is -0.489 e. The molecular formula is C19H11F6NO4. The van der Waals surface area contributed by atoms with Gasteiger partial charge in [0, 0.05) is 11.7 Å². The summed E-state index contributed by atoms with van der Waals surface area (Å²) >= 11 is 0. The van der Waals surface area contributed by atoms with Gasteiger partial charge in [0.05, 0.1) is 16.5 Å². The average Bonchev–Trinajstić information content (AvgIpc) is 2.65. The zero-order valence-electron chi connectivity index (χ0n) is 14.7. The van der Waals surface area contributed by atoms with Gasteiger partial charge < -0.3 is 14.8 Å². The molecular weight excluding hydrogens is 420 g/mol. The molecule has 0 saturated carbocycles. The van der Waals surface area contributed by atoms with E-state index in [0.717, 1.165) is 12.3 Å². The van der Waals surface area contributed by atoms with E-state index in [1.54, 1.807) is 0 Å². The normalized spacial score (nSPS) is 12.2. The van der Waals surface area contributed by atoms with Gasteiger partial charge in [0.15, 0.2) is 0 Å². The van der Waals surface area contributed by atoms with E-state index in [1.807, 2.05) is 0 Å². The Morgan fingerprint density at radius 3 is 2.10 bits per heavy atom. The Morgan fingerprint density at radius 1 is 0.967 bits per heavy atom. The Morgan fingerprint density at radius 2 is 1.57 bits per heavy atom. The van der Waals surface area contributed by atoms with E-state index in [-0.39, 0.29) is 28.3 Å². The third-order valence-corrected chi connectivity index (χ3v) is 4.14. The monoisotopic (exact) mass is 431 g/mol. The third-order valence-electron chi connectivity index (χ3n) is 4.14. The summed E-state index contributed by atoms with van der Waals surface area (Å²) in [5, 5.41) is 8.93. The Balaban J connectivity index is 1.95. The third kappa shape index (κ3) is 4.39. The number of aromatic carboxylic acids is 1. The highest BCUT2D eigenvalue weighted by atomic mass is 19.4. The van der Waals surface area contributed by atoms with Gasteiger partial charge in [-0.15, -0.1) is 0 Å². The first-order chi connectivity index (χ1) is 13.9. The second-order valence-electron chi connectivity index (χ2n) is 6.25. The van der Waals surface area contributed by atoms with Crippen LogP contribution in [0.25, 0.3) is 10.9 Å². The van der Waals surface area contributed by atoms with E-state index >= 15 is 0 Å². The average molecular weight is 431 g/mol. The fourth-order valence-corrected chi connectivity index (χ4v) is 2.72. The Bertz CT molecular complexity index is 1150. The lowest BCUT2D eigenvalue weighted by molar-refractivity contribution is -0.143. The van der Waals surface area contributed by atoms with E-state index < -0.39 is 47.0 Å². The number of halogens is 6. The summed E-state index contributed by atoms with van der Waals surface area (Å²) in [5.74, 6) is -1.50. The quantitative estimate of drug-likeness (QED) is 0.580.